The van der Waals surface area contributed by atoms with Crippen LogP contribution in [0.15, 0.2) is 47.4 Å². The summed E-state index contributed by atoms with van der Waals surface area (Å²) in [5.41, 5.74) is 3.54. The fourth-order valence-corrected chi connectivity index (χ4v) is 5.31. The first-order chi connectivity index (χ1) is 11.0. The third-order valence-corrected chi connectivity index (χ3v) is 6.42. The zero-order chi connectivity index (χ0) is 16.2. The fourth-order valence-electron chi connectivity index (χ4n) is 3.75. The number of hydrogen-bond donors (Lipinski definition) is 1. The van der Waals surface area contributed by atoms with Gasteiger partial charge in [-0.3, -0.25) is 0 Å². The molecule has 2 aromatic carbocycles. The molecule has 3 unspecified atom stereocenters. The molecule has 0 aromatic heterocycles. The smallest absolute Gasteiger partial charge is 0.244 e. The summed E-state index contributed by atoms with van der Waals surface area (Å²) in [6.07, 6.45) is 0.957. The quantitative estimate of drug-likeness (QED) is 0.938. The molecule has 1 fully saturated rings. The number of methoxy groups -OCH3 is 1. The molecule has 0 aliphatic heterocycles. The molecule has 0 saturated heterocycles. The Hall–Kier alpha value is -1.85. The molecular weight excluding hydrogens is 310 g/mol. The van der Waals surface area contributed by atoms with E-state index in [9.17, 15) is 8.42 Å². The van der Waals surface area contributed by atoms with Gasteiger partial charge in [0.25, 0.3) is 0 Å². The first-order valence-electron chi connectivity index (χ1n) is 7.76. The van der Waals surface area contributed by atoms with E-state index >= 15 is 0 Å². The maximum Gasteiger partial charge on any atom is 0.244 e. The Bertz CT molecular complexity index is 876. The van der Waals surface area contributed by atoms with Crippen molar-refractivity contribution in [2.24, 2.45) is 5.92 Å². The standard InChI is InChI=1S/C18H19NO3S/c1-11-7-8-15(22-2)16(9-11)23(20,21)19-18-14-10-12-5-3-4-6-13(12)17(14)18/h3-9,14,17-19H,10H2,1-2H3. The van der Waals surface area contributed by atoms with Gasteiger partial charge in [-0.05, 0) is 48.1 Å². The highest BCUT2D eigenvalue weighted by molar-refractivity contribution is 7.89. The molecule has 1 N–H and O–H groups in total. The molecule has 0 heterocycles. The Morgan fingerprint density at radius 3 is 2.74 bits per heavy atom. The second kappa shape index (κ2) is 5.08. The van der Waals surface area contributed by atoms with Crippen LogP contribution >= 0.6 is 0 Å². The molecule has 2 aliphatic carbocycles. The van der Waals surface area contributed by atoms with E-state index in [1.165, 1.54) is 18.2 Å². The van der Waals surface area contributed by atoms with Crippen molar-refractivity contribution < 1.29 is 13.2 Å². The lowest BCUT2D eigenvalue weighted by Crippen LogP contribution is -2.29. The van der Waals surface area contributed by atoms with Crippen molar-refractivity contribution >= 4 is 10.0 Å². The summed E-state index contributed by atoms with van der Waals surface area (Å²) >= 11 is 0. The minimum absolute atomic E-state index is 0.000110. The van der Waals surface area contributed by atoms with Crippen molar-refractivity contribution in [1.29, 1.82) is 0 Å². The van der Waals surface area contributed by atoms with Crippen LogP contribution in [0.2, 0.25) is 0 Å². The van der Waals surface area contributed by atoms with Gasteiger partial charge >= 0.3 is 0 Å². The van der Waals surface area contributed by atoms with E-state index in [4.69, 9.17) is 4.74 Å². The average Bonchev–Trinajstić information content (AvgIpc) is 3.03. The van der Waals surface area contributed by atoms with Crippen molar-refractivity contribution in [1.82, 2.24) is 4.72 Å². The van der Waals surface area contributed by atoms with Crippen LogP contribution in [0.3, 0.4) is 0 Å². The van der Waals surface area contributed by atoms with Crippen LogP contribution in [-0.2, 0) is 16.4 Å². The maximum absolute atomic E-state index is 12.8. The summed E-state index contributed by atoms with van der Waals surface area (Å²) in [7, 11) is -2.09. The van der Waals surface area contributed by atoms with Gasteiger partial charge in [-0.2, -0.15) is 0 Å². The van der Waals surface area contributed by atoms with Crippen molar-refractivity contribution in [3.63, 3.8) is 0 Å². The van der Waals surface area contributed by atoms with E-state index in [0.29, 0.717) is 17.6 Å². The number of fused-ring (bicyclic) bond motifs is 3. The molecule has 5 heteroatoms. The minimum Gasteiger partial charge on any atom is -0.495 e. The topological polar surface area (TPSA) is 55.4 Å². The van der Waals surface area contributed by atoms with Gasteiger partial charge in [0.2, 0.25) is 10.0 Å². The van der Waals surface area contributed by atoms with Crippen LogP contribution < -0.4 is 9.46 Å². The number of rotatable bonds is 4. The van der Waals surface area contributed by atoms with Crippen molar-refractivity contribution in [3.8, 4) is 5.75 Å². The summed E-state index contributed by atoms with van der Waals surface area (Å²) in [6.45, 7) is 1.88. The van der Waals surface area contributed by atoms with Gasteiger partial charge in [-0.25, -0.2) is 13.1 Å². The van der Waals surface area contributed by atoms with Gasteiger partial charge in [-0.1, -0.05) is 30.3 Å². The first kappa shape index (κ1) is 14.7. The number of sulfonamides is 1. The van der Waals surface area contributed by atoms with Crippen LogP contribution in [0.25, 0.3) is 0 Å². The second-order valence-corrected chi connectivity index (χ2v) is 8.08. The highest BCUT2D eigenvalue weighted by Gasteiger charge is 2.57. The van der Waals surface area contributed by atoms with Crippen LogP contribution in [0, 0.1) is 12.8 Å². The summed E-state index contributed by atoms with van der Waals surface area (Å²) in [5, 5.41) is 0. The minimum atomic E-state index is -3.58. The van der Waals surface area contributed by atoms with E-state index < -0.39 is 10.0 Å². The van der Waals surface area contributed by atoms with Crippen LogP contribution in [0.1, 0.15) is 22.6 Å². The number of ether oxygens (including phenoxy) is 1. The lowest BCUT2D eigenvalue weighted by Gasteiger charge is -2.13. The Morgan fingerprint density at radius 1 is 1.17 bits per heavy atom. The highest BCUT2D eigenvalue weighted by atomic mass is 32.2. The molecule has 1 saturated carbocycles. The summed E-state index contributed by atoms with van der Waals surface area (Å²) < 4.78 is 33.6. The van der Waals surface area contributed by atoms with E-state index in [0.717, 1.165) is 12.0 Å². The Labute approximate surface area is 136 Å². The molecule has 4 nitrogen and oxygen atoms in total. The summed E-state index contributed by atoms with van der Waals surface area (Å²) in [4.78, 5) is 0.221. The zero-order valence-electron chi connectivity index (χ0n) is 13.1. The Kier molecular flexibility index (Phi) is 3.25. The molecule has 23 heavy (non-hydrogen) atoms. The maximum atomic E-state index is 12.8. The highest BCUT2D eigenvalue weighted by Crippen LogP contribution is 2.56. The van der Waals surface area contributed by atoms with Crippen molar-refractivity contribution in [2.45, 2.75) is 30.2 Å². The lowest BCUT2D eigenvalue weighted by atomic mass is 10.1. The average molecular weight is 329 g/mol. The zero-order valence-corrected chi connectivity index (χ0v) is 13.9. The van der Waals surface area contributed by atoms with Gasteiger partial charge in [0.05, 0.1) is 7.11 Å². The Morgan fingerprint density at radius 2 is 1.96 bits per heavy atom. The van der Waals surface area contributed by atoms with Gasteiger partial charge in [-0.15, -0.1) is 0 Å². The fraction of sp³-hybridized carbons (Fsp3) is 0.333. The van der Waals surface area contributed by atoms with Crippen molar-refractivity contribution in [2.75, 3.05) is 7.11 Å². The van der Waals surface area contributed by atoms with Crippen LogP contribution in [-0.4, -0.2) is 21.6 Å². The normalized spacial score (nSPS) is 24.9. The third-order valence-electron chi connectivity index (χ3n) is 4.94. The van der Waals surface area contributed by atoms with Gasteiger partial charge in [0.1, 0.15) is 10.6 Å². The van der Waals surface area contributed by atoms with Crippen molar-refractivity contribution in [3.05, 3.63) is 59.2 Å². The number of nitrogens with one attached hydrogen (secondary N) is 1. The van der Waals surface area contributed by atoms with Crippen LogP contribution in [0.5, 0.6) is 5.75 Å². The predicted molar refractivity (Wildman–Crippen MR) is 88.2 cm³/mol. The Balaban J connectivity index is 1.60. The SMILES string of the molecule is COc1ccc(C)cc1S(=O)(=O)NC1C2Cc3ccccc3C21. The molecular formula is C18H19NO3S. The van der Waals surface area contributed by atoms with E-state index in [1.54, 1.807) is 12.1 Å². The predicted octanol–water partition coefficient (Wildman–Crippen LogP) is 2.62. The third kappa shape index (κ3) is 2.35. The number of hydrogen-bond acceptors (Lipinski definition) is 3. The molecule has 0 bridgehead atoms. The molecule has 0 amide bonds. The number of benzene rings is 2. The largest absolute Gasteiger partial charge is 0.495 e. The van der Waals surface area contributed by atoms with Gasteiger partial charge in [0.15, 0.2) is 0 Å². The molecule has 2 aliphatic rings. The first-order valence-corrected chi connectivity index (χ1v) is 9.24. The van der Waals surface area contributed by atoms with Gasteiger partial charge in [0, 0.05) is 12.0 Å². The summed E-state index contributed by atoms with van der Waals surface area (Å²) in [6, 6.07) is 13.5. The second-order valence-electron chi connectivity index (χ2n) is 6.39. The molecule has 0 radical (unpaired) electrons. The number of aryl methyl sites for hydroxylation is 1. The lowest BCUT2D eigenvalue weighted by molar-refractivity contribution is 0.402. The monoisotopic (exact) mass is 329 g/mol. The molecule has 2 aromatic rings. The van der Waals surface area contributed by atoms with Gasteiger partial charge < -0.3 is 4.74 Å². The van der Waals surface area contributed by atoms with Crippen LogP contribution in [0.4, 0.5) is 0 Å². The molecule has 4 rings (SSSR count). The van der Waals surface area contributed by atoms with E-state index in [1.807, 2.05) is 25.1 Å². The van der Waals surface area contributed by atoms with E-state index in [-0.39, 0.29) is 10.9 Å². The molecule has 120 valence electrons. The van der Waals surface area contributed by atoms with E-state index in [2.05, 4.69) is 16.9 Å². The molecule has 3 atom stereocenters. The summed E-state index contributed by atoms with van der Waals surface area (Å²) in [5.74, 6) is 1.09. The molecule has 0 spiro atoms.